The number of methoxy groups -OCH3 is 1. The number of sulfone groups is 1. The smallest absolute Gasteiger partial charge is 0.306 e. The molecule has 0 N–H and O–H groups in total. The number of carbonyl (C=O) groups is 2. The first kappa shape index (κ1) is 14.9. The van der Waals surface area contributed by atoms with Gasteiger partial charge in [0.15, 0.2) is 9.84 Å². The Kier molecular flexibility index (Phi) is 5.13. The van der Waals surface area contributed by atoms with E-state index in [4.69, 9.17) is 0 Å². The second-order valence-electron chi connectivity index (χ2n) is 4.31. The second kappa shape index (κ2) is 6.17. The summed E-state index contributed by atoms with van der Waals surface area (Å²) in [7, 11) is -1.73. The molecule has 6 nitrogen and oxygen atoms in total. The average molecular weight is 277 g/mol. The molecule has 0 saturated carbocycles. The lowest BCUT2D eigenvalue weighted by atomic mass is 10.2. The van der Waals surface area contributed by atoms with Crippen molar-refractivity contribution in [1.82, 2.24) is 4.90 Å². The third kappa shape index (κ3) is 3.97. The fourth-order valence-electron chi connectivity index (χ4n) is 2.11. The molecule has 0 aromatic carbocycles. The predicted molar refractivity (Wildman–Crippen MR) is 65.7 cm³/mol. The van der Waals surface area contributed by atoms with Gasteiger partial charge in [-0.25, -0.2) is 8.42 Å². The van der Waals surface area contributed by atoms with Crippen LogP contribution in [0.2, 0.25) is 0 Å². The van der Waals surface area contributed by atoms with E-state index in [0.29, 0.717) is 13.0 Å². The topological polar surface area (TPSA) is 80.8 Å². The maximum atomic E-state index is 11.9. The summed E-state index contributed by atoms with van der Waals surface area (Å²) in [5, 5.41) is 0. The molecule has 0 aromatic heterocycles. The van der Waals surface area contributed by atoms with Crippen LogP contribution in [0.4, 0.5) is 0 Å². The van der Waals surface area contributed by atoms with Gasteiger partial charge in [0, 0.05) is 19.0 Å². The van der Waals surface area contributed by atoms with Gasteiger partial charge < -0.3 is 9.64 Å². The molecule has 1 fully saturated rings. The van der Waals surface area contributed by atoms with E-state index in [1.165, 1.54) is 7.11 Å². The van der Waals surface area contributed by atoms with Gasteiger partial charge in [-0.1, -0.05) is 0 Å². The van der Waals surface area contributed by atoms with E-state index in [2.05, 4.69) is 4.74 Å². The van der Waals surface area contributed by atoms with Gasteiger partial charge in [0.1, 0.15) is 0 Å². The fourth-order valence-corrected chi connectivity index (χ4v) is 3.84. The van der Waals surface area contributed by atoms with Crippen molar-refractivity contribution >= 4 is 21.7 Å². The van der Waals surface area contributed by atoms with Crippen LogP contribution in [0.3, 0.4) is 0 Å². The summed E-state index contributed by atoms with van der Waals surface area (Å²) in [6.07, 6.45) is 0.586. The number of nitrogens with zero attached hydrogens (tertiary/aromatic N) is 1. The van der Waals surface area contributed by atoms with Crippen molar-refractivity contribution in [3.63, 3.8) is 0 Å². The highest BCUT2D eigenvalue weighted by atomic mass is 32.2. The van der Waals surface area contributed by atoms with Crippen molar-refractivity contribution in [1.29, 1.82) is 0 Å². The van der Waals surface area contributed by atoms with Crippen LogP contribution in [-0.2, 0) is 24.2 Å². The van der Waals surface area contributed by atoms with Crippen LogP contribution >= 0.6 is 0 Å². The predicted octanol–water partition coefficient (Wildman–Crippen LogP) is -0.0248. The second-order valence-corrected chi connectivity index (χ2v) is 6.54. The first-order chi connectivity index (χ1) is 8.39. The number of hydrogen-bond acceptors (Lipinski definition) is 5. The molecule has 18 heavy (non-hydrogen) atoms. The van der Waals surface area contributed by atoms with Crippen molar-refractivity contribution in [3.05, 3.63) is 0 Å². The lowest BCUT2D eigenvalue weighted by Gasteiger charge is -2.26. The molecular formula is C11H19NO5S. The molecule has 1 amide bonds. The van der Waals surface area contributed by atoms with Crippen LogP contribution < -0.4 is 0 Å². The van der Waals surface area contributed by atoms with Gasteiger partial charge in [0.25, 0.3) is 0 Å². The van der Waals surface area contributed by atoms with Crippen molar-refractivity contribution in [2.75, 3.05) is 25.2 Å². The standard InChI is InChI=1S/C11H19NO5S/c1-3-12(9-6-7-18(15,16)8-9)10(13)4-5-11(14)17-2/h9H,3-8H2,1-2H3. The summed E-state index contributed by atoms with van der Waals surface area (Å²) in [5.74, 6) is -0.452. The highest BCUT2D eigenvalue weighted by Gasteiger charge is 2.33. The molecule has 1 atom stereocenters. The molecular weight excluding hydrogens is 258 g/mol. The first-order valence-corrected chi connectivity index (χ1v) is 7.78. The highest BCUT2D eigenvalue weighted by molar-refractivity contribution is 7.91. The third-order valence-corrected chi connectivity index (χ3v) is 4.83. The van der Waals surface area contributed by atoms with Crippen molar-refractivity contribution in [2.24, 2.45) is 0 Å². The SMILES string of the molecule is CCN(C(=O)CCC(=O)OC)C1CCS(=O)(=O)C1. The molecule has 0 spiro atoms. The third-order valence-electron chi connectivity index (χ3n) is 3.08. The van der Waals surface area contributed by atoms with E-state index in [9.17, 15) is 18.0 Å². The van der Waals surface area contributed by atoms with Crippen molar-refractivity contribution < 1.29 is 22.7 Å². The van der Waals surface area contributed by atoms with Gasteiger partial charge in [-0.2, -0.15) is 0 Å². The van der Waals surface area contributed by atoms with E-state index in [0.717, 1.165) is 0 Å². The van der Waals surface area contributed by atoms with Gasteiger partial charge in [-0.15, -0.1) is 0 Å². The van der Waals surface area contributed by atoms with E-state index in [1.807, 2.05) is 0 Å². The Hall–Kier alpha value is -1.11. The molecule has 0 aliphatic carbocycles. The number of carbonyl (C=O) groups excluding carboxylic acids is 2. The van der Waals surface area contributed by atoms with Gasteiger partial charge in [0.2, 0.25) is 5.91 Å². The monoisotopic (exact) mass is 277 g/mol. The minimum Gasteiger partial charge on any atom is -0.469 e. The maximum absolute atomic E-state index is 11.9. The van der Waals surface area contributed by atoms with Crippen LogP contribution in [0.15, 0.2) is 0 Å². The Bertz CT molecular complexity index is 417. The molecule has 0 radical (unpaired) electrons. The molecule has 1 heterocycles. The first-order valence-electron chi connectivity index (χ1n) is 5.96. The zero-order valence-electron chi connectivity index (χ0n) is 10.7. The maximum Gasteiger partial charge on any atom is 0.306 e. The average Bonchev–Trinajstić information content (AvgIpc) is 2.67. The zero-order chi connectivity index (χ0) is 13.8. The molecule has 1 aliphatic rings. The fraction of sp³-hybridized carbons (Fsp3) is 0.818. The lowest BCUT2D eigenvalue weighted by Crippen LogP contribution is -2.41. The Morgan fingerprint density at radius 2 is 2.00 bits per heavy atom. The minimum atomic E-state index is -3.01. The van der Waals surface area contributed by atoms with Gasteiger partial charge in [-0.3, -0.25) is 9.59 Å². The van der Waals surface area contributed by atoms with Crippen LogP contribution in [0.5, 0.6) is 0 Å². The normalized spacial score (nSPS) is 21.6. The summed E-state index contributed by atoms with van der Waals surface area (Å²) in [5.41, 5.74) is 0. The molecule has 7 heteroatoms. The Balaban J connectivity index is 2.56. The number of esters is 1. The lowest BCUT2D eigenvalue weighted by molar-refractivity contribution is -0.144. The zero-order valence-corrected chi connectivity index (χ0v) is 11.5. The van der Waals surface area contributed by atoms with Crippen molar-refractivity contribution in [3.8, 4) is 0 Å². The molecule has 104 valence electrons. The molecule has 1 aliphatic heterocycles. The van der Waals surface area contributed by atoms with E-state index in [1.54, 1.807) is 11.8 Å². The van der Waals surface area contributed by atoms with E-state index < -0.39 is 15.8 Å². The van der Waals surface area contributed by atoms with Gasteiger partial charge >= 0.3 is 5.97 Å². The molecule has 1 rings (SSSR count). The summed E-state index contributed by atoms with van der Waals surface area (Å²) in [4.78, 5) is 24.4. The number of rotatable bonds is 5. The summed E-state index contributed by atoms with van der Waals surface area (Å²) in [6.45, 7) is 2.27. The molecule has 0 bridgehead atoms. The summed E-state index contributed by atoms with van der Waals surface area (Å²) < 4.78 is 27.2. The summed E-state index contributed by atoms with van der Waals surface area (Å²) >= 11 is 0. The number of amides is 1. The van der Waals surface area contributed by atoms with Crippen LogP contribution in [-0.4, -0.2) is 56.4 Å². The van der Waals surface area contributed by atoms with Crippen LogP contribution in [0.1, 0.15) is 26.2 Å². The molecule has 1 unspecified atom stereocenters. The van der Waals surface area contributed by atoms with Gasteiger partial charge in [0.05, 0.1) is 25.0 Å². The largest absolute Gasteiger partial charge is 0.469 e. The Morgan fingerprint density at radius 3 is 2.44 bits per heavy atom. The summed E-state index contributed by atoms with van der Waals surface area (Å²) in [6, 6.07) is -0.245. The molecule has 1 saturated heterocycles. The Morgan fingerprint density at radius 1 is 1.33 bits per heavy atom. The quantitative estimate of drug-likeness (QED) is 0.659. The van der Waals surface area contributed by atoms with Gasteiger partial charge in [-0.05, 0) is 13.3 Å². The van der Waals surface area contributed by atoms with E-state index >= 15 is 0 Å². The van der Waals surface area contributed by atoms with Crippen molar-refractivity contribution in [2.45, 2.75) is 32.2 Å². The minimum absolute atomic E-state index is 0.0325. The number of ether oxygens (including phenoxy) is 1. The van der Waals surface area contributed by atoms with Crippen LogP contribution in [0, 0.1) is 0 Å². The Labute approximate surface area is 107 Å². The van der Waals surface area contributed by atoms with E-state index in [-0.39, 0.29) is 36.3 Å². The highest BCUT2D eigenvalue weighted by Crippen LogP contribution is 2.18. The molecule has 0 aromatic rings. The van der Waals surface area contributed by atoms with Crippen LogP contribution in [0.25, 0.3) is 0 Å². The number of hydrogen-bond donors (Lipinski definition) is 0.